The molecule has 0 aliphatic heterocycles. The van der Waals surface area contributed by atoms with Gasteiger partial charge in [-0.1, -0.05) is 82.6 Å². The van der Waals surface area contributed by atoms with Gasteiger partial charge in [-0.05, 0) is 56.2 Å². The Balaban J connectivity index is 1.82. The Morgan fingerprint density at radius 3 is 1.96 bits per heavy atom. The van der Waals surface area contributed by atoms with E-state index in [1.54, 1.807) is 6.07 Å². The Morgan fingerprint density at radius 1 is 0.750 bits per heavy atom. The molecule has 0 bridgehead atoms. The maximum atomic E-state index is 9.43. The molecule has 0 amide bonds. The highest BCUT2D eigenvalue weighted by Gasteiger charge is 1.95. The third-order valence-corrected chi connectivity index (χ3v) is 4.64. The Hall–Kier alpha value is -1.24. The van der Waals surface area contributed by atoms with Crippen LogP contribution in [0.3, 0.4) is 0 Å². The first kappa shape index (κ1) is 20.8. The van der Waals surface area contributed by atoms with Crippen LogP contribution in [0.1, 0.15) is 96.0 Å². The molecule has 0 aliphatic carbocycles. The fourth-order valence-corrected chi connectivity index (χ4v) is 3.11. The van der Waals surface area contributed by atoms with E-state index in [2.05, 4.69) is 25.1 Å². The van der Waals surface area contributed by atoms with Gasteiger partial charge in [-0.15, -0.1) is 0 Å². The minimum atomic E-state index is 0.389. The Kier molecular flexibility index (Phi) is 13.3. The van der Waals surface area contributed by atoms with E-state index in [1.807, 2.05) is 12.1 Å². The van der Waals surface area contributed by atoms with E-state index in [1.165, 1.54) is 89.0 Å². The zero-order valence-electron chi connectivity index (χ0n) is 15.8. The first-order valence-electron chi connectivity index (χ1n) is 10.3. The van der Waals surface area contributed by atoms with E-state index in [-0.39, 0.29) is 0 Å². The number of phenols is 1. The second-order valence-electron chi connectivity index (χ2n) is 7.00. The zero-order chi connectivity index (χ0) is 17.3. The average molecular weight is 331 g/mol. The summed E-state index contributed by atoms with van der Waals surface area (Å²) in [7, 11) is 0. The maximum Gasteiger partial charge on any atom is 0.115 e. The van der Waals surface area contributed by atoms with Crippen LogP contribution in [0.5, 0.6) is 5.75 Å². The molecule has 0 fully saturated rings. The molecular formula is C23H38O. The lowest BCUT2D eigenvalue weighted by molar-refractivity contribution is 0.474. The quantitative estimate of drug-likeness (QED) is 0.259. The normalized spacial score (nSPS) is 11.4. The lowest BCUT2D eigenvalue weighted by Gasteiger charge is -2.02. The van der Waals surface area contributed by atoms with E-state index in [4.69, 9.17) is 0 Å². The van der Waals surface area contributed by atoms with Crippen LogP contribution < -0.4 is 0 Å². The number of unbranched alkanes of at least 4 members (excludes halogenated alkanes) is 11. The first-order chi connectivity index (χ1) is 11.8. The number of allylic oxidation sites excluding steroid dienone is 2. The number of rotatable bonds is 15. The summed E-state index contributed by atoms with van der Waals surface area (Å²) in [6.07, 6.45) is 23.3. The lowest BCUT2D eigenvalue weighted by atomic mass is 10.0. The number of benzene rings is 1. The summed E-state index contributed by atoms with van der Waals surface area (Å²) in [5.74, 6) is 0.389. The number of hydrogen-bond donors (Lipinski definition) is 1. The van der Waals surface area contributed by atoms with Crippen molar-refractivity contribution in [3.05, 3.63) is 42.0 Å². The third-order valence-electron chi connectivity index (χ3n) is 4.64. The minimum Gasteiger partial charge on any atom is -0.508 e. The standard InChI is InChI=1S/C23H38O/c1-2-3-4-5-6-7-8-9-10-11-12-13-14-15-16-18-22-19-17-20-23(24)21-22/h9-10,17,19-21,24H,2-8,11-16,18H2,1H3/b10-9+. The molecule has 1 nitrogen and oxygen atoms in total. The molecule has 1 rings (SSSR count). The fraction of sp³-hybridized carbons (Fsp3) is 0.652. The van der Waals surface area contributed by atoms with E-state index in [0.29, 0.717) is 5.75 Å². The predicted molar refractivity (Wildman–Crippen MR) is 107 cm³/mol. The van der Waals surface area contributed by atoms with Crippen LogP contribution >= 0.6 is 0 Å². The average Bonchev–Trinajstić information content (AvgIpc) is 2.58. The molecule has 0 atom stereocenters. The predicted octanol–water partition coefficient (Wildman–Crippen LogP) is 7.58. The Labute approximate surface area is 150 Å². The molecular weight excluding hydrogens is 292 g/mol. The number of aryl methyl sites for hydroxylation is 1. The van der Waals surface area contributed by atoms with Gasteiger partial charge in [-0.25, -0.2) is 0 Å². The van der Waals surface area contributed by atoms with Gasteiger partial charge in [0.2, 0.25) is 0 Å². The van der Waals surface area contributed by atoms with Gasteiger partial charge in [0.05, 0.1) is 0 Å². The molecule has 0 aliphatic rings. The van der Waals surface area contributed by atoms with Crippen LogP contribution in [0, 0.1) is 0 Å². The smallest absolute Gasteiger partial charge is 0.115 e. The van der Waals surface area contributed by atoms with Crippen molar-refractivity contribution in [2.24, 2.45) is 0 Å². The molecule has 1 aromatic carbocycles. The lowest BCUT2D eigenvalue weighted by Crippen LogP contribution is -1.86. The molecule has 1 heteroatoms. The second-order valence-corrected chi connectivity index (χ2v) is 7.00. The van der Waals surface area contributed by atoms with Crippen LogP contribution in [0.15, 0.2) is 36.4 Å². The summed E-state index contributed by atoms with van der Waals surface area (Å²) in [5, 5.41) is 9.43. The molecule has 0 heterocycles. The maximum absolute atomic E-state index is 9.43. The van der Waals surface area contributed by atoms with Gasteiger partial charge in [0.1, 0.15) is 5.75 Å². The fourth-order valence-electron chi connectivity index (χ4n) is 3.11. The van der Waals surface area contributed by atoms with Gasteiger partial charge >= 0.3 is 0 Å². The molecule has 0 saturated heterocycles. The summed E-state index contributed by atoms with van der Waals surface area (Å²) in [5.41, 5.74) is 1.26. The molecule has 0 aromatic heterocycles. The van der Waals surface area contributed by atoms with Gasteiger partial charge < -0.3 is 5.11 Å². The Morgan fingerprint density at radius 2 is 1.33 bits per heavy atom. The van der Waals surface area contributed by atoms with Crippen LogP contribution in [0.25, 0.3) is 0 Å². The molecule has 1 N–H and O–H groups in total. The van der Waals surface area contributed by atoms with Crippen molar-refractivity contribution in [3.63, 3.8) is 0 Å². The van der Waals surface area contributed by atoms with Gasteiger partial charge in [0.15, 0.2) is 0 Å². The highest BCUT2D eigenvalue weighted by Crippen LogP contribution is 2.15. The van der Waals surface area contributed by atoms with Crippen LogP contribution in [0.4, 0.5) is 0 Å². The molecule has 0 spiro atoms. The monoisotopic (exact) mass is 330 g/mol. The summed E-state index contributed by atoms with van der Waals surface area (Å²) in [6, 6.07) is 7.66. The number of aromatic hydroxyl groups is 1. The number of phenolic OH excluding ortho intramolecular Hbond substituents is 1. The highest BCUT2D eigenvalue weighted by atomic mass is 16.3. The van der Waals surface area contributed by atoms with Gasteiger partial charge in [0.25, 0.3) is 0 Å². The molecule has 0 radical (unpaired) electrons. The summed E-state index contributed by atoms with van der Waals surface area (Å²) >= 11 is 0. The topological polar surface area (TPSA) is 20.2 Å². The first-order valence-corrected chi connectivity index (χ1v) is 10.3. The van der Waals surface area contributed by atoms with E-state index in [0.717, 1.165) is 6.42 Å². The zero-order valence-corrected chi connectivity index (χ0v) is 15.8. The van der Waals surface area contributed by atoms with E-state index >= 15 is 0 Å². The molecule has 0 unspecified atom stereocenters. The minimum absolute atomic E-state index is 0.389. The molecule has 24 heavy (non-hydrogen) atoms. The largest absolute Gasteiger partial charge is 0.508 e. The van der Waals surface area contributed by atoms with Gasteiger partial charge in [-0.3, -0.25) is 0 Å². The second kappa shape index (κ2) is 15.3. The third kappa shape index (κ3) is 12.2. The van der Waals surface area contributed by atoms with Gasteiger partial charge in [-0.2, -0.15) is 0 Å². The van der Waals surface area contributed by atoms with Crippen molar-refractivity contribution in [1.29, 1.82) is 0 Å². The summed E-state index contributed by atoms with van der Waals surface area (Å²) in [4.78, 5) is 0. The van der Waals surface area contributed by atoms with Crippen LogP contribution in [0.2, 0.25) is 0 Å². The molecule has 136 valence electrons. The van der Waals surface area contributed by atoms with E-state index in [9.17, 15) is 5.11 Å². The molecule has 1 aromatic rings. The number of hydrogen-bond acceptors (Lipinski definition) is 1. The Bertz CT molecular complexity index is 422. The molecule has 0 saturated carbocycles. The highest BCUT2D eigenvalue weighted by molar-refractivity contribution is 5.27. The SMILES string of the molecule is CCCCCCCC/C=C/CCCCCCCc1cccc(O)c1. The van der Waals surface area contributed by atoms with Crippen molar-refractivity contribution in [3.8, 4) is 5.75 Å². The van der Waals surface area contributed by atoms with Crippen LogP contribution in [-0.2, 0) is 6.42 Å². The van der Waals surface area contributed by atoms with Gasteiger partial charge in [0, 0.05) is 0 Å². The van der Waals surface area contributed by atoms with Crippen molar-refractivity contribution < 1.29 is 5.11 Å². The summed E-state index contributed by atoms with van der Waals surface area (Å²) < 4.78 is 0. The van der Waals surface area contributed by atoms with Crippen molar-refractivity contribution >= 4 is 0 Å². The van der Waals surface area contributed by atoms with E-state index < -0.39 is 0 Å². The van der Waals surface area contributed by atoms with Crippen LogP contribution in [-0.4, -0.2) is 5.11 Å². The summed E-state index contributed by atoms with van der Waals surface area (Å²) in [6.45, 7) is 2.28. The van der Waals surface area contributed by atoms with Crippen molar-refractivity contribution in [2.75, 3.05) is 0 Å². The van der Waals surface area contributed by atoms with Crippen molar-refractivity contribution in [1.82, 2.24) is 0 Å². The van der Waals surface area contributed by atoms with Crippen molar-refractivity contribution in [2.45, 2.75) is 96.8 Å².